The maximum Gasteiger partial charge on any atom is 0.143 e. The van der Waals surface area contributed by atoms with Gasteiger partial charge in [0.25, 0.3) is 0 Å². The molecule has 1 aliphatic rings. The third-order valence-corrected chi connectivity index (χ3v) is 8.99. The van der Waals surface area contributed by atoms with Crippen molar-refractivity contribution in [3.63, 3.8) is 0 Å². The van der Waals surface area contributed by atoms with Crippen molar-refractivity contribution in [2.45, 2.75) is 25.7 Å². The van der Waals surface area contributed by atoms with Crippen LogP contribution in [0.4, 0.5) is 0 Å². The molecule has 7 aromatic rings. The zero-order valence-corrected chi connectivity index (χ0v) is 24.2. The van der Waals surface area contributed by atoms with Gasteiger partial charge in [0.2, 0.25) is 0 Å². The molecular formula is C40H29ClO. The Kier molecular flexibility index (Phi) is 6.02. The molecule has 0 bridgehead atoms. The van der Waals surface area contributed by atoms with E-state index in [4.69, 9.17) is 16.0 Å². The van der Waals surface area contributed by atoms with Crippen LogP contribution in [0.15, 0.2) is 132 Å². The third-order valence-electron chi connectivity index (χ3n) is 8.74. The SMILES string of the molecule is Cc1c(-c2cc(-c3ccc(Cl)cc3)cc(-c3cccc4c3oc3ccccc34)c2)cccc1-c1ccccc1C1CC1. The van der Waals surface area contributed by atoms with Crippen molar-refractivity contribution in [2.24, 2.45) is 0 Å². The second kappa shape index (κ2) is 10.0. The molecule has 0 N–H and O–H groups in total. The van der Waals surface area contributed by atoms with Crippen LogP contribution in [0.25, 0.3) is 66.4 Å². The molecule has 0 spiro atoms. The van der Waals surface area contributed by atoms with E-state index in [-0.39, 0.29) is 0 Å². The zero-order valence-electron chi connectivity index (χ0n) is 23.4. The van der Waals surface area contributed by atoms with E-state index in [1.165, 1.54) is 46.2 Å². The summed E-state index contributed by atoms with van der Waals surface area (Å²) in [5.41, 5.74) is 14.2. The van der Waals surface area contributed by atoms with Gasteiger partial charge in [-0.15, -0.1) is 0 Å². The van der Waals surface area contributed by atoms with Crippen LogP contribution in [0.1, 0.15) is 29.9 Å². The van der Waals surface area contributed by atoms with E-state index in [2.05, 4.69) is 110 Å². The summed E-state index contributed by atoms with van der Waals surface area (Å²) < 4.78 is 6.47. The summed E-state index contributed by atoms with van der Waals surface area (Å²) in [5, 5.41) is 3.01. The van der Waals surface area contributed by atoms with Gasteiger partial charge in [-0.3, -0.25) is 0 Å². The Labute approximate surface area is 251 Å². The molecule has 202 valence electrons. The Morgan fingerprint density at radius 3 is 2.00 bits per heavy atom. The Morgan fingerprint density at radius 1 is 0.548 bits per heavy atom. The highest BCUT2D eigenvalue weighted by atomic mass is 35.5. The zero-order chi connectivity index (χ0) is 28.2. The lowest BCUT2D eigenvalue weighted by atomic mass is 9.87. The molecule has 1 aromatic heterocycles. The van der Waals surface area contributed by atoms with Gasteiger partial charge >= 0.3 is 0 Å². The van der Waals surface area contributed by atoms with Gasteiger partial charge in [-0.1, -0.05) is 103 Å². The fraction of sp³-hybridized carbons (Fsp3) is 0.100. The van der Waals surface area contributed by atoms with Crippen LogP contribution in [0.2, 0.25) is 5.02 Å². The van der Waals surface area contributed by atoms with Gasteiger partial charge in [-0.05, 0) is 112 Å². The second-order valence-electron chi connectivity index (χ2n) is 11.4. The molecule has 0 atom stereocenters. The van der Waals surface area contributed by atoms with Crippen molar-refractivity contribution in [3.8, 4) is 44.5 Å². The molecule has 1 fully saturated rings. The molecule has 0 amide bonds. The van der Waals surface area contributed by atoms with Crippen molar-refractivity contribution in [1.82, 2.24) is 0 Å². The lowest BCUT2D eigenvalue weighted by Crippen LogP contribution is -1.93. The summed E-state index contributed by atoms with van der Waals surface area (Å²) in [6.07, 6.45) is 2.57. The van der Waals surface area contributed by atoms with Gasteiger partial charge < -0.3 is 4.42 Å². The van der Waals surface area contributed by atoms with E-state index in [9.17, 15) is 0 Å². The molecule has 8 rings (SSSR count). The van der Waals surface area contributed by atoms with Crippen molar-refractivity contribution >= 4 is 33.5 Å². The molecule has 0 unspecified atom stereocenters. The first-order chi connectivity index (χ1) is 20.6. The summed E-state index contributed by atoms with van der Waals surface area (Å²) in [7, 11) is 0. The standard InChI is InChI=1S/C40H29ClO/c1-25-32(11-6-12-33(25)36-9-3-2-8-34(36)27-16-17-27)29-22-28(26-18-20-31(41)21-19-26)23-30(24-29)35-13-7-14-38-37-10-4-5-15-39(37)42-40(35)38/h2-15,18-24,27H,16-17H2,1H3. The Balaban J connectivity index is 1.35. The monoisotopic (exact) mass is 560 g/mol. The predicted molar refractivity (Wildman–Crippen MR) is 177 cm³/mol. The van der Waals surface area contributed by atoms with Crippen LogP contribution < -0.4 is 0 Å². The Hall–Kier alpha value is -4.59. The summed E-state index contributed by atoms with van der Waals surface area (Å²) in [4.78, 5) is 0. The van der Waals surface area contributed by atoms with Crippen LogP contribution in [0, 0.1) is 6.92 Å². The minimum atomic E-state index is 0.688. The van der Waals surface area contributed by atoms with Gasteiger partial charge in [0.15, 0.2) is 0 Å². The molecule has 0 radical (unpaired) electrons. The first kappa shape index (κ1) is 25.1. The fourth-order valence-electron chi connectivity index (χ4n) is 6.45. The minimum absolute atomic E-state index is 0.688. The molecule has 0 aliphatic heterocycles. The molecule has 1 heterocycles. The van der Waals surface area contributed by atoms with E-state index in [1.54, 1.807) is 0 Å². The number of rotatable bonds is 5. The molecule has 1 aliphatic carbocycles. The topological polar surface area (TPSA) is 13.1 Å². The fourth-order valence-corrected chi connectivity index (χ4v) is 6.58. The van der Waals surface area contributed by atoms with Gasteiger partial charge in [0.05, 0.1) is 0 Å². The van der Waals surface area contributed by atoms with Crippen molar-refractivity contribution < 1.29 is 4.42 Å². The second-order valence-corrected chi connectivity index (χ2v) is 11.9. The quantitative estimate of drug-likeness (QED) is 0.204. The van der Waals surface area contributed by atoms with E-state index >= 15 is 0 Å². The molecule has 1 saturated carbocycles. The first-order valence-corrected chi connectivity index (χ1v) is 15.0. The van der Waals surface area contributed by atoms with Crippen molar-refractivity contribution in [3.05, 3.63) is 144 Å². The number of hydrogen-bond donors (Lipinski definition) is 0. The van der Waals surface area contributed by atoms with Crippen LogP contribution in [-0.4, -0.2) is 0 Å². The van der Waals surface area contributed by atoms with Gasteiger partial charge in [-0.25, -0.2) is 0 Å². The highest BCUT2D eigenvalue weighted by Gasteiger charge is 2.26. The largest absolute Gasteiger partial charge is 0.455 e. The number of fused-ring (bicyclic) bond motifs is 3. The van der Waals surface area contributed by atoms with E-state index < -0.39 is 0 Å². The minimum Gasteiger partial charge on any atom is -0.455 e. The normalized spacial score (nSPS) is 13.2. The van der Waals surface area contributed by atoms with Crippen LogP contribution in [0.5, 0.6) is 0 Å². The van der Waals surface area contributed by atoms with Crippen LogP contribution in [0.3, 0.4) is 0 Å². The number of benzene rings is 6. The highest BCUT2D eigenvalue weighted by molar-refractivity contribution is 6.30. The molecule has 1 nitrogen and oxygen atoms in total. The first-order valence-electron chi connectivity index (χ1n) is 14.6. The molecular weight excluding hydrogens is 532 g/mol. The van der Waals surface area contributed by atoms with Gasteiger partial charge in [-0.2, -0.15) is 0 Å². The van der Waals surface area contributed by atoms with Crippen molar-refractivity contribution in [1.29, 1.82) is 0 Å². The Bertz CT molecular complexity index is 2110. The highest BCUT2D eigenvalue weighted by Crippen LogP contribution is 2.46. The smallest absolute Gasteiger partial charge is 0.143 e. The number of halogens is 1. The molecule has 2 heteroatoms. The van der Waals surface area contributed by atoms with Crippen LogP contribution in [-0.2, 0) is 0 Å². The maximum absolute atomic E-state index is 6.47. The van der Waals surface area contributed by atoms with Crippen LogP contribution >= 0.6 is 11.6 Å². The molecule has 0 saturated heterocycles. The van der Waals surface area contributed by atoms with E-state index in [0.717, 1.165) is 49.2 Å². The van der Waals surface area contributed by atoms with Gasteiger partial charge in [0, 0.05) is 21.4 Å². The van der Waals surface area contributed by atoms with Crippen molar-refractivity contribution in [2.75, 3.05) is 0 Å². The lowest BCUT2D eigenvalue weighted by Gasteiger charge is -2.17. The third kappa shape index (κ3) is 4.33. The summed E-state index contributed by atoms with van der Waals surface area (Å²) in [6.45, 7) is 2.27. The average molecular weight is 561 g/mol. The molecule has 42 heavy (non-hydrogen) atoms. The maximum atomic E-state index is 6.47. The number of para-hydroxylation sites is 2. The average Bonchev–Trinajstić information content (AvgIpc) is 3.81. The molecule has 6 aromatic carbocycles. The number of hydrogen-bond acceptors (Lipinski definition) is 1. The lowest BCUT2D eigenvalue weighted by molar-refractivity contribution is 0.670. The van der Waals surface area contributed by atoms with Gasteiger partial charge in [0.1, 0.15) is 11.2 Å². The summed E-state index contributed by atoms with van der Waals surface area (Å²) in [6, 6.07) is 45.4. The Morgan fingerprint density at radius 2 is 1.17 bits per heavy atom. The summed E-state index contributed by atoms with van der Waals surface area (Å²) in [5.74, 6) is 0.688. The summed E-state index contributed by atoms with van der Waals surface area (Å²) >= 11 is 6.28. The van der Waals surface area contributed by atoms with E-state index in [0.29, 0.717) is 5.92 Å². The number of furan rings is 1. The van der Waals surface area contributed by atoms with E-state index in [1.807, 2.05) is 24.3 Å². The predicted octanol–water partition coefficient (Wildman–Crippen LogP) is 12.1.